The minimum Gasteiger partial charge on any atom is -0.304 e. The van der Waals surface area contributed by atoms with E-state index >= 15 is 4.39 Å². The second kappa shape index (κ2) is 11.8. The molecule has 1 fully saturated rings. The predicted molar refractivity (Wildman–Crippen MR) is 137 cm³/mol. The van der Waals surface area contributed by atoms with E-state index in [1.54, 1.807) is 18.0 Å². The van der Waals surface area contributed by atoms with E-state index in [4.69, 9.17) is 0 Å². The Hall–Kier alpha value is -1.86. The first-order chi connectivity index (χ1) is 15.4. The highest BCUT2D eigenvalue weighted by atomic mass is 32.2. The summed E-state index contributed by atoms with van der Waals surface area (Å²) >= 11 is 1.66. The highest BCUT2D eigenvalue weighted by molar-refractivity contribution is 7.96. The van der Waals surface area contributed by atoms with Gasteiger partial charge >= 0.3 is 0 Å². The molecule has 0 aliphatic carbocycles. The lowest BCUT2D eigenvalue weighted by atomic mass is 10.0. The summed E-state index contributed by atoms with van der Waals surface area (Å²) in [6.45, 7) is 14.9. The number of hydrazine groups is 1. The third kappa shape index (κ3) is 6.35. The third-order valence-corrected chi connectivity index (χ3v) is 7.05. The van der Waals surface area contributed by atoms with Crippen LogP contribution in [0.25, 0.3) is 5.57 Å². The number of halogens is 1. The Kier molecular flexibility index (Phi) is 9.17. The van der Waals surface area contributed by atoms with Gasteiger partial charge in [-0.3, -0.25) is 9.91 Å². The van der Waals surface area contributed by atoms with Crippen molar-refractivity contribution in [3.05, 3.63) is 71.6 Å². The van der Waals surface area contributed by atoms with Gasteiger partial charge in [0.1, 0.15) is 5.82 Å². The number of benzene rings is 2. The standard InChI is InChI=1S/C26H37FN4S/c1-6-21(3)23-11-12-24(26(27)18-23)20-30(31(7-2)32-5)25-10-8-9-22(17-25)19-29-15-13-28(4)14-16-29/h8-12,17-18H,3,6-7,13-16,19-20H2,1-2,4-5H3. The molecule has 0 unspecified atom stereocenters. The average Bonchev–Trinajstić information content (AvgIpc) is 2.81. The van der Waals surface area contributed by atoms with Crippen molar-refractivity contribution < 1.29 is 4.39 Å². The summed E-state index contributed by atoms with van der Waals surface area (Å²) in [5, 5.41) is 2.19. The summed E-state index contributed by atoms with van der Waals surface area (Å²) in [5.41, 5.74) is 4.92. The molecule has 0 N–H and O–H groups in total. The van der Waals surface area contributed by atoms with E-state index in [1.807, 2.05) is 19.1 Å². The molecule has 3 rings (SSSR count). The van der Waals surface area contributed by atoms with Crippen molar-refractivity contribution in [2.75, 3.05) is 51.0 Å². The molecule has 0 spiro atoms. The molecule has 0 bridgehead atoms. The Bertz CT molecular complexity index is 891. The number of piperazine rings is 1. The van der Waals surface area contributed by atoms with Crippen LogP contribution in [-0.2, 0) is 13.1 Å². The van der Waals surface area contributed by atoms with E-state index in [0.29, 0.717) is 12.1 Å². The first-order valence-electron chi connectivity index (χ1n) is 11.5. The lowest BCUT2D eigenvalue weighted by Crippen LogP contribution is -2.43. The fourth-order valence-corrected chi connectivity index (χ4v) is 4.65. The van der Waals surface area contributed by atoms with Crippen LogP contribution in [0.2, 0.25) is 0 Å². The molecule has 1 heterocycles. The van der Waals surface area contributed by atoms with Gasteiger partial charge in [0.2, 0.25) is 0 Å². The molecular weight excluding hydrogens is 419 g/mol. The Morgan fingerprint density at radius 3 is 2.47 bits per heavy atom. The molecule has 32 heavy (non-hydrogen) atoms. The second-order valence-corrected chi connectivity index (χ2v) is 9.21. The zero-order valence-corrected chi connectivity index (χ0v) is 20.8. The first-order valence-corrected chi connectivity index (χ1v) is 12.7. The van der Waals surface area contributed by atoms with Crippen LogP contribution in [0.1, 0.15) is 37.0 Å². The molecular formula is C26H37FN4S. The predicted octanol–water partition coefficient (Wildman–Crippen LogP) is 5.52. The largest absolute Gasteiger partial charge is 0.304 e. The molecule has 6 heteroatoms. The van der Waals surface area contributed by atoms with Crippen LogP contribution < -0.4 is 5.01 Å². The lowest BCUT2D eigenvalue weighted by Gasteiger charge is -2.35. The van der Waals surface area contributed by atoms with E-state index in [0.717, 1.165) is 62.5 Å². The topological polar surface area (TPSA) is 13.0 Å². The SMILES string of the molecule is C=C(CC)c1ccc(CN(c2cccc(CN3CCN(C)CC3)c2)N(CC)SC)c(F)c1. The molecule has 0 aromatic heterocycles. The quantitative estimate of drug-likeness (QED) is 0.344. The number of hydrogen-bond donors (Lipinski definition) is 0. The molecule has 174 valence electrons. The maximum absolute atomic E-state index is 15.0. The fraction of sp³-hybridized carbons (Fsp3) is 0.462. The van der Waals surface area contributed by atoms with Crippen molar-refractivity contribution in [1.29, 1.82) is 0 Å². The number of anilines is 1. The van der Waals surface area contributed by atoms with Crippen molar-refractivity contribution in [1.82, 2.24) is 14.2 Å². The number of nitrogens with zero attached hydrogens (tertiary/aromatic N) is 4. The Morgan fingerprint density at radius 1 is 1.09 bits per heavy atom. The van der Waals surface area contributed by atoms with Gasteiger partial charge in [-0.25, -0.2) is 4.39 Å². The smallest absolute Gasteiger partial charge is 0.128 e. The summed E-state index contributed by atoms with van der Waals surface area (Å²) in [7, 11) is 2.18. The fourth-order valence-electron chi connectivity index (χ4n) is 4.04. The minimum atomic E-state index is -0.173. The number of hydrogen-bond acceptors (Lipinski definition) is 5. The van der Waals surface area contributed by atoms with E-state index in [-0.39, 0.29) is 5.82 Å². The van der Waals surface area contributed by atoms with E-state index in [2.05, 4.69) is 70.3 Å². The van der Waals surface area contributed by atoms with Crippen LogP contribution in [0, 0.1) is 5.82 Å². The Balaban J connectivity index is 1.82. The van der Waals surface area contributed by atoms with Crippen LogP contribution in [0.15, 0.2) is 49.0 Å². The maximum Gasteiger partial charge on any atom is 0.128 e. The molecule has 4 nitrogen and oxygen atoms in total. The van der Waals surface area contributed by atoms with Gasteiger partial charge in [-0.05, 0) is 61.5 Å². The third-order valence-electron chi connectivity index (χ3n) is 6.17. The molecule has 2 aromatic carbocycles. The number of likely N-dealkylation sites (N-methyl/N-ethyl adjacent to an activating group) is 1. The van der Waals surface area contributed by atoms with Crippen LogP contribution >= 0.6 is 11.9 Å². The van der Waals surface area contributed by atoms with Crippen molar-refractivity contribution in [2.45, 2.75) is 33.4 Å². The van der Waals surface area contributed by atoms with Gasteiger partial charge in [-0.1, -0.05) is 49.7 Å². The monoisotopic (exact) mass is 456 g/mol. The Morgan fingerprint density at radius 2 is 1.84 bits per heavy atom. The molecule has 1 aliphatic heterocycles. The van der Waals surface area contributed by atoms with E-state index in [9.17, 15) is 0 Å². The first kappa shape index (κ1) is 24.8. The van der Waals surface area contributed by atoms with Gasteiger partial charge in [0.05, 0.1) is 12.2 Å². The van der Waals surface area contributed by atoms with Crippen molar-refractivity contribution in [3.63, 3.8) is 0 Å². The van der Waals surface area contributed by atoms with Crippen molar-refractivity contribution in [3.8, 4) is 0 Å². The molecule has 0 saturated carbocycles. The Labute approximate surface area is 197 Å². The van der Waals surface area contributed by atoms with Gasteiger partial charge in [0.25, 0.3) is 0 Å². The van der Waals surface area contributed by atoms with Gasteiger partial charge in [-0.2, -0.15) is 4.41 Å². The summed E-state index contributed by atoms with van der Waals surface area (Å²) in [6.07, 6.45) is 2.89. The summed E-state index contributed by atoms with van der Waals surface area (Å²) in [6, 6.07) is 14.2. The molecule has 0 amide bonds. The molecule has 1 saturated heterocycles. The number of rotatable bonds is 10. The molecule has 0 atom stereocenters. The zero-order chi connectivity index (χ0) is 23.1. The average molecular weight is 457 g/mol. The highest BCUT2D eigenvalue weighted by Crippen LogP contribution is 2.27. The maximum atomic E-state index is 15.0. The van der Waals surface area contributed by atoms with Gasteiger partial charge in [0.15, 0.2) is 0 Å². The van der Waals surface area contributed by atoms with Crippen LogP contribution in [0.3, 0.4) is 0 Å². The summed E-state index contributed by atoms with van der Waals surface area (Å²) in [4.78, 5) is 4.89. The normalized spacial score (nSPS) is 15.3. The second-order valence-electron chi connectivity index (χ2n) is 8.42. The van der Waals surface area contributed by atoms with Crippen LogP contribution in [-0.4, -0.2) is 60.2 Å². The summed E-state index contributed by atoms with van der Waals surface area (Å²) in [5.74, 6) is -0.173. The van der Waals surface area contributed by atoms with Crippen molar-refractivity contribution >= 4 is 23.2 Å². The molecule has 1 aliphatic rings. The number of allylic oxidation sites excluding steroid dienone is 1. The van der Waals surface area contributed by atoms with Crippen LogP contribution in [0.5, 0.6) is 0 Å². The van der Waals surface area contributed by atoms with Crippen LogP contribution in [0.4, 0.5) is 10.1 Å². The highest BCUT2D eigenvalue weighted by Gasteiger charge is 2.19. The van der Waals surface area contributed by atoms with Gasteiger partial charge < -0.3 is 4.90 Å². The lowest BCUT2D eigenvalue weighted by molar-refractivity contribution is 0.148. The van der Waals surface area contributed by atoms with Crippen molar-refractivity contribution in [2.24, 2.45) is 0 Å². The van der Waals surface area contributed by atoms with E-state index in [1.165, 1.54) is 5.56 Å². The van der Waals surface area contributed by atoms with E-state index < -0.39 is 0 Å². The zero-order valence-electron chi connectivity index (χ0n) is 20.0. The van der Waals surface area contributed by atoms with Gasteiger partial charge in [-0.15, -0.1) is 0 Å². The molecule has 2 aromatic rings. The minimum absolute atomic E-state index is 0.173. The molecule has 0 radical (unpaired) electrons. The van der Waals surface area contributed by atoms with Gasteiger partial charge in [0, 0.05) is 44.8 Å². The summed E-state index contributed by atoms with van der Waals surface area (Å²) < 4.78 is 17.2.